The molecule has 0 bridgehead atoms. The third-order valence-electron chi connectivity index (χ3n) is 5.27. The summed E-state index contributed by atoms with van der Waals surface area (Å²) in [5, 5.41) is 3.79. The van der Waals surface area contributed by atoms with E-state index in [-0.39, 0.29) is 10.8 Å². The second-order valence-electron chi connectivity index (χ2n) is 7.30. The SMILES string of the molecule is Cc1noc(C)c1S(=O)(=O)N1CCC[C@H](c2ccc(-c3ccc(N)nc3)cn2)C1. The first-order valence-corrected chi connectivity index (χ1v) is 10.9. The molecule has 3 aromatic rings. The summed E-state index contributed by atoms with van der Waals surface area (Å²) in [4.78, 5) is 8.89. The number of nitrogens with zero attached hydrogens (tertiary/aromatic N) is 4. The molecule has 4 rings (SSSR count). The van der Waals surface area contributed by atoms with Crippen LogP contribution in [0, 0.1) is 13.8 Å². The molecule has 1 aliphatic rings. The van der Waals surface area contributed by atoms with Crippen LogP contribution in [0.5, 0.6) is 0 Å². The zero-order valence-electron chi connectivity index (χ0n) is 16.4. The lowest BCUT2D eigenvalue weighted by Gasteiger charge is -2.31. The molecule has 4 heterocycles. The van der Waals surface area contributed by atoms with E-state index in [4.69, 9.17) is 10.3 Å². The van der Waals surface area contributed by atoms with Crippen LogP contribution in [-0.2, 0) is 10.0 Å². The summed E-state index contributed by atoms with van der Waals surface area (Å²) in [7, 11) is -3.65. The molecule has 1 fully saturated rings. The lowest BCUT2D eigenvalue weighted by atomic mass is 9.95. The summed E-state index contributed by atoms with van der Waals surface area (Å²) in [6.45, 7) is 4.15. The maximum absolute atomic E-state index is 13.1. The lowest BCUT2D eigenvalue weighted by Crippen LogP contribution is -2.39. The molecule has 8 nitrogen and oxygen atoms in total. The topological polar surface area (TPSA) is 115 Å². The minimum Gasteiger partial charge on any atom is -0.384 e. The number of piperidine rings is 1. The van der Waals surface area contributed by atoms with Gasteiger partial charge >= 0.3 is 0 Å². The Morgan fingerprint density at radius 3 is 2.41 bits per heavy atom. The highest BCUT2D eigenvalue weighted by Gasteiger charge is 2.35. The molecule has 1 atom stereocenters. The number of sulfonamides is 1. The molecule has 0 amide bonds. The second kappa shape index (κ2) is 7.57. The molecule has 0 saturated carbocycles. The standard InChI is InChI=1S/C20H23N5O3S/c1-13-20(14(2)28-24-13)29(26,27)25-9-3-4-17(12-25)18-7-5-15(10-22-18)16-6-8-19(21)23-11-16/h5-8,10-11,17H,3-4,9,12H2,1-2H3,(H2,21,23)/t17-/m0/s1. The van der Waals surface area contributed by atoms with Gasteiger partial charge in [-0.15, -0.1) is 0 Å². The molecule has 152 valence electrons. The molecule has 0 aliphatic carbocycles. The van der Waals surface area contributed by atoms with Gasteiger partial charge in [0.05, 0.1) is 0 Å². The normalized spacial score (nSPS) is 18.1. The Labute approximate surface area is 169 Å². The quantitative estimate of drug-likeness (QED) is 0.699. The van der Waals surface area contributed by atoms with Gasteiger partial charge in [0.25, 0.3) is 0 Å². The first-order chi connectivity index (χ1) is 13.9. The highest BCUT2D eigenvalue weighted by Crippen LogP contribution is 2.32. The average Bonchev–Trinajstić information content (AvgIpc) is 3.08. The summed E-state index contributed by atoms with van der Waals surface area (Å²) < 4.78 is 32.8. The molecular formula is C20H23N5O3S. The van der Waals surface area contributed by atoms with E-state index in [1.807, 2.05) is 18.2 Å². The maximum atomic E-state index is 13.1. The van der Waals surface area contributed by atoms with Crippen molar-refractivity contribution in [3.05, 3.63) is 53.8 Å². The fourth-order valence-electron chi connectivity index (χ4n) is 3.77. The molecule has 1 aliphatic heterocycles. The third kappa shape index (κ3) is 3.75. The molecule has 3 aromatic heterocycles. The largest absolute Gasteiger partial charge is 0.384 e. The van der Waals surface area contributed by atoms with Crippen molar-refractivity contribution < 1.29 is 12.9 Å². The van der Waals surface area contributed by atoms with Crippen molar-refractivity contribution >= 4 is 15.8 Å². The minimum atomic E-state index is -3.65. The van der Waals surface area contributed by atoms with Gasteiger partial charge in [-0.2, -0.15) is 4.31 Å². The molecule has 1 saturated heterocycles. The van der Waals surface area contributed by atoms with Crippen LogP contribution in [0.15, 0.2) is 46.1 Å². The molecule has 0 unspecified atom stereocenters. The molecular weight excluding hydrogens is 390 g/mol. The molecule has 9 heteroatoms. The predicted molar refractivity (Wildman–Crippen MR) is 109 cm³/mol. The van der Waals surface area contributed by atoms with Crippen molar-refractivity contribution in [3.63, 3.8) is 0 Å². The first kappa shape index (κ1) is 19.5. The van der Waals surface area contributed by atoms with Crippen molar-refractivity contribution in [2.24, 2.45) is 0 Å². The van der Waals surface area contributed by atoms with Gasteiger partial charge < -0.3 is 10.3 Å². The number of hydrogen-bond donors (Lipinski definition) is 1. The van der Waals surface area contributed by atoms with Crippen molar-refractivity contribution in [3.8, 4) is 11.1 Å². The third-order valence-corrected chi connectivity index (χ3v) is 7.38. The molecule has 0 aromatic carbocycles. The van der Waals surface area contributed by atoms with Crippen LogP contribution in [0.3, 0.4) is 0 Å². The first-order valence-electron chi connectivity index (χ1n) is 9.47. The molecule has 0 radical (unpaired) electrons. The Morgan fingerprint density at radius 2 is 1.83 bits per heavy atom. The Bertz CT molecular complexity index is 1090. The number of aromatic nitrogens is 3. The number of hydrogen-bond acceptors (Lipinski definition) is 7. The number of aryl methyl sites for hydroxylation is 2. The number of nitrogens with two attached hydrogens (primary N) is 1. The van der Waals surface area contributed by atoms with Crippen LogP contribution in [0.4, 0.5) is 5.82 Å². The summed E-state index contributed by atoms with van der Waals surface area (Å²) in [6.07, 6.45) is 5.18. The van der Waals surface area contributed by atoms with Crippen molar-refractivity contribution in [1.82, 2.24) is 19.4 Å². The van der Waals surface area contributed by atoms with E-state index in [2.05, 4.69) is 15.1 Å². The summed E-state index contributed by atoms with van der Waals surface area (Å²) >= 11 is 0. The van der Waals surface area contributed by atoms with Gasteiger partial charge in [0.1, 0.15) is 16.4 Å². The van der Waals surface area contributed by atoms with E-state index in [0.717, 1.165) is 29.7 Å². The number of rotatable bonds is 4. The zero-order chi connectivity index (χ0) is 20.6. The van der Waals surface area contributed by atoms with E-state index in [1.165, 1.54) is 4.31 Å². The maximum Gasteiger partial charge on any atom is 0.248 e. The monoisotopic (exact) mass is 413 g/mol. The fourth-order valence-corrected chi connectivity index (χ4v) is 5.58. The van der Waals surface area contributed by atoms with Gasteiger partial charge in [0, 0.05) is 48.2 Å². The summed E-state index contributed by atoms with van der Waals surface area (Å²) in [5.41, 5.74) is 8.79. The molecule has 29 heavy (non-hydrogen) atoms. The van der Waals surface area contributed by atoms with E-state index < -0.39 is 10.0 Å². The smallest absolute Gasteiger partial charge is 0.248 e. The Balaban J connectivity index is 1.55. The van der Waals surface area contributed by atoms with Crippen LogP contribution < -0.4 is 5.73 Å². The zero-order valence-corrected chi connectivity index (χ0v) is 17.2. The van der Waals surface area contributed by atoms with Crippen molar-refractivity contribution in [1.29, 1.82) is 0 Å². The number of nitrogen functional groups attached to an aromatic ring is 1. The van der Waals surface area contributed by atoms with Crippen LogP contribution in [0.1, 0.15) is 35.9 Å². The van der Waals surface area contributed by atoms with Crippen LogP contribution in [-0.4, -0.2) is 40.9 Å². The van der Waals surface area contributed by atoms with Gasteiger partial charge in [-0.05, 0) is 44.9 Å². The number of anilines is 1. The Hall–Kier alpha value is -2.78. The van der Waals surface area contributed by atoms with Crippen LogP contribution in [0.25, 0.3) is 11.1 Å². The van der Waals surface area contributed by atoms with Gasteiger partial charge in [-0.1, -0.05) is 11.2 Å². The van der Waals surface area contributed by atoms with Gasteiger partial charge in [-0.3, -0.25) is 4.98 Å². The van der Waals surface area contributed by atoms with E-state index >= 15 is 0 Å². The minimum absolute atomic E-state index is 0.0394. The fraction of sp³-hybridized carbons (Fsp3) is 0.350. The van der Waals surface area contributed by atoms with Crippen LogP contribution in [0.2, 0.25) is 0 Å². The van der Waals surface area contributed by atoms with Crippen molar-refractivity contribution in [2.45, 2.75) is 37.5 Å². The average molecular weight is 414 g/mol. The highest BCUT2D eigenvalue weighted by atomic mass is 32.2. The van der Waals surface area contributed by atoms with E-state index in [0.29, 0.717) is 30.4 Å². The van der Waals surface area contributed by atoms with Gasteiger partial charge in [0.2, 0.25) is 10.0 Å². The Morgan fingerprint density at radius 1 is 1.10 bits per heavy atom. The van der Waals surface area contributed by atoms with Gasteiger partial charge in [0.15, 0.2) is 5.76 Å². The summed E-state index contributed by atoms with van der Waals surface area (Å²) in [6, 6.07) is 7.60. The van der Waals surface area contributed by atoms with E-state index in [9.17, 15) is 8.42 Å². The predicted octanol–water partition coefficient (Wildman–Crippen LogP) is 2.90. The van der Waals surface area contributed by atoms with Gasteiger partial charge in [-0.25, -0.2) is 13.4 Å². The Kier molecular flexibility index (Phi) is 5.10. The van der Waals surface area contributed by atoms with Crippen LogP contribution >= 0.6 is 0 Å². The number of pyridine rings is 2. The van der Waals surface area contributed by atoms with E-state index in [1.54, 1.807) is 32.3 Å². The van der Waals surface area contributed by atoms with Crippen molar-refractivity contribution in [2.75, 3.05) is 18.8 Å². The highest BCUT2D eigenvalue weighted by molar-refractivity contribution is 7.89. The lowest BCUT2D eigenvalue weighted by molar-refractivity contribution is 0.312. The second-order valence-corrected chi connectivity index (χ2v) is 9.17. The summed E-state index contributed by atoms with van der Waals surface area (Å²) in [5.74, 6) is 0.835. The molecule has 0 spiro atoms. The molecule has 2 N–H and O–H groups in total.